The molecule has 2 aromatic carbocycles. The van der Waals surface area contributed by atoms with Gasteiger partial charge in [0, 0.05) is 30.5 Å². The van der Waals surface area contributed by atoms with Gasteiger partial charge in [0.1, 0.15) is 6.04 Å². The van der Waals surface area contributed by atoms with Crippen molar-refractivity contribution in [2.45, 2.75) is 64.9 Å². The summed E-state index contributed by atoms with van der Waals surface area (Å²) in [6.07, 6.45) is 1.34. The van der Waals surface area contributed by atoms with Crippen LogP contribution in [0.4, 0.5) is 5.69 Å². The summed E-state index contributed by atoms with van der Waals surface area (Å²) in [5.41, 5.74) is 3.04. The molecule has 2 unspecified atom stereocenters. The van der Waals surface area contributed by atoms with Gasteiger partial charge in [0.25, 0.3) is 5.69 Å². The molecular formula is C25H33N3O4S. The molecule has 178 valence electrons. The summed E-state index contributed by atoms with van der Waals surface area (Å²) >= 11 is 1.44. The molecule has 8 heteroatoms. The maximum atomic E-state index is 13.3. The Labute approximate surface area is 200 Å². The number of carbonyl (C=O) groups is 2. The SMILES string of the molecule is CCC(C)NC(=O)C(CC)N(Cc1ccccc1C)C(=O)CSCc1ccc([N+](=O)[O-])cc1. The summed E-state index contributed by atoms with van der Waals surface area (Å²) in [6.45, 7) is 8.26. The predicted octanol–water partition coefficient (Wildman–Crippen LogP) is 4.86. The van der Waals surface area contributed by atoms with Crippen LogP contribution >= 0.6 is 11.8 Å². The lowest BCUT2D eigenvalue weighted by molar-refractivity contribution is -0.384. The van der Waals surface area contributed by atoms with E-state index in [9.17, 15) is 19.7 Å². The molecule has 0 aliphatic heterocycles. The van der Waals surface area contributed by atoms with E-state index in [1.807, 2.05) is 52.0 Å². The molecule has 0 bridgehead atoms. The Balaban J connectivity index is 2.13. The zero-order valence-corrected chi connectivity index (χ0v) is 20.6. The van der Waals surface area contributed by atoms with Crippen LogP contribution in [0.25, 0.3) is 0 Å². The standard InChI is InChI=1S/C25H33N3O4S/c1-5-19(4)26-25(30)23(6-2)27(15-21-10-8-7-9-18(21)3)24(29)17-33-16-20-11-13-22(14-12-20)28(31)32/h7-14,19,23H,5-6,15-17H2,1-4H3,(H,26,30). The van der Waals surface area contributed by atoms with Gasteiger partial charge in [0.2, 0.25) is 11.8 Å². The second kappa shape index (κ2) is 13.0. The number of nitrogens with zero attached hydrogens (tertiary/aromatic N) is 2. The minimum atomic E-state index is -0.550. The number of nitrogens with one attached hydrogen (secondary N) is 1. The number of nitro benzene ring substituents is 1. The Morgan fingerprint density at radius 1 is 1.09 bits per heavy atom. The predicted molar refractivity (Wildman–Crippen MR) is 133 cm³/mol. The summed E-state index contributed by atoms with van der Waals surface area (Å²) in [5.74, 6) is 0.541. The topological polar surface area (TPSA) is 92.6 Å². The molecule has 1 N–H and O–H groups in total. The minimum absolute atomic E-state index is 0.0403. The normalized spacial score (nSPS) is 12.6. The molecule has 0 aliphatic carbocycles. The average Bonchev–Trinajstić information content (AvgIpc) is 2.80. The number of non-ortho nitro benzene ring substituents is 1. The van der Waals surface area contributed by atoms with Crippen LogP contribution in [0.3, 0.4) is 0 Å². The van der Waals surface area contributed by atoms with E-state index in [4.69, 9.17) is 0 Å². The monoisotopic (exact) mass is 471 g/mol. The number of benzene rings is 2. The van der Waals surface area contributed by atoms with Crippen molar-refractivity contribution in [1.29, 1.82) is 0 Å². The maximum Gasteiger partial charge on any atom is 0.269 e. The Morgan fingerprint density at radius 3 is 2.33 bits per heavy atom. The first kappa shape index (κ1) is 26.4. The van der Waals surface area contributed by atoms with Crippen LogP contribution in [0.5, 0.6) is 0 Å². The third-order valence-electron chi connectivity index (χ3n) is 5.63. The molecule has 0 aliphatic rings. The zero-order valence-electron chi connectivity index (χ0n) is 19.7. The minimum Gasteiger partial charge on any atom is -0.352 e. The van der Waals surface area contributed by atoms with Crippen LogP contribution in [-0.4, -0.2) is 39.5 Å². The quantitative estimate of drug-likeness (QED) is 0.353. The molecule has 0 aromatic heterocycles. The van der Waals surface area contributed by atoms with Crippen LogP contribution in [0.15, 0.2) is 48.5 Å². The van der Waals surface area contributed by atoms with Crippen molar-refractivity contribution in [2.75, 3.05) is 5.75 Å². The van der Waals surface area contributed by atoms with Crippen molar-refractivity contribution in [1.82, 2.24) is 10.2 Å². The third kappa shape index (κ3) is 7.89. The number of thioether (sulfide) groups is 1. The van der Waals surface area contributed by atoms with Crippen molar-refractivity contribution >= 4 is 29.3 Å². The highest BCUT2D eigenvalue weighted by Gasteiger charge is 2.29. The van der Waals surface area contributed by atoms with E-state index >= 15 is 0 Å². The Hall–Kier alpha value is -2.87. The largest absolute Gasteiger partial charge is 0.352 e. The van der Waals surface area contributed by atoms with Crippen molar-refractivity contribution in [3.05, 3.63) is 75.3 Å². The van der Waals surface area contributed by atoms with E-state index in [0.717, 1.165) is 23.1 Å². The summed E-state index contributed by atoms with van der Waals surface area (Å²) in [6, 6.07) is 13.7. The lowest BCUT2D eigenvalue weighted by Gasteiger charge is -2.32. The number of hydrogen-bond acceptors (Lipinski definition) is 5. The lowest BCUT2D eigenvalue weighted by atomic mass is 10.1. The Morgan fingerprint density at radius 2 is 1.76 bits per heavy atom. The van der Waals surface area contributed by atoms with E-state index in [2.05, 4.69) is 5.32 Å². The zero-order chi connectivity index (χ0) is 24.4. The molecule has 7 nitrogen and oxygen atoms in total. The molecule has 0 saturated carbocycles. The van der Waals surface area contributed by atoms with Gasteiger partial charge in [-0.15, -0.1) is 11.8 Å². The number of hydrogen-bond donors (Lipinski definition) is 1. The number of carbonyl (C=O) groups excluding carboxylic acids is 2. The first-order chi connectivity index (χ1) is 15.8. The Kier molecular flexibility index (Phi) is 10.4. The molecule has 0 fully saturated rings. The molecular weight excluding hydrogens is 438 g/mol. The van der Waals surface area contributed by atoms with Crippen molar-refractivity contribution in [3.8, 4) is 0 Å². The fourth-order valence-electron chi connectivity index (χ4n) is 3.38. The average molecular weight is 472 g/mol. The fourth-order valence-corrected chi connectivity index (χ4v) is 4.26. The molecule has 0 radical (unpaired) electrons. The van der Waals surface area contributed by atoms with Gasteiger partial charge in [-0.05, 0) is 43.4 Å². The van der Waals surface area contributed by atoms with Gasteiger partial charge in [-0.3, -0.25) is 19.7 Å². The first-order valence-electron chi connectivity index (χ1n) is 11.2. The van der Waals surface area contributed by atoms with Gasteiger partial charge in [-0.2, -0.15) is 0 Å². The first-order valence-corrected chi connectivity index (χ1v) is 12.4. The smallest absolute Gasteiger partial charge is 0.269 e. The summed E-state index contributed by atoms with van der Waals surface area (Å²) in [4.78, 5) is 38.3. The summed E-state index contributed by atoms with van der Waals surface area (Å²) in [7, 11) is 0. The van der Waals surface area contributed by atoms with Crippen molar-refractivity contribution in [2.24, 2.45) is 0 Å². The molecule has 0 heterocycles. The number of amides is 2. The van der Waals surface area contributed by atoms with E-state index in [1.165, 1.54) is 23.9 Å². The number of nitro groups is 1. The second-order valence-electron chi connectivity index (χ2n) is 8.11. The van der Waals surface area contributed by atoms with Gasteiger partial charge < -0.3 is 10.2 Å². The highest BCUT2D eigenvalue weighted by atomic mass is 32.2. The summed E-state index contributed by atoms with van der Waals surface area (Å²) < 4.78 is 0. The van der Waals surface area contributed by atoms with E-state index in [-0.39, 0.29) is 29.3 Å². The van der Waals surface area contributed by atoms with Crippen molar-refractivity contribution in [3.63, 3.8) is 0 Å². The summed E-state index contributed by atoms with van der Waals surface area (Å²) in [5, 5.41) is 13.8. The van der Waals surface area contributed by atoms with E-state index < -0.39 is 11.0 Å². The molecule has 2 aromatic rings. The van der Waals surface area contributed by atoms with Gasteiger partial charge in [0.05, 0.1) is 10.7 Å². The highest BCUT2D eigenvalue weighted by molar-refractivity contribution is 7.99. The number of aryl methyl sites for hydroxylation is 1. The van der Waals surface area contributed by atoms with Crippen LogP contribution in [0.1, 0.15) is 50.3 Å². The van der Waals surface area contributed by atoms with Crippen molar-refractivity contribution < 1.29 is 14.5 Å². The molecule has 2 amide bonds. The number of rotatable bonds is 12. The van der Waals surface area contributed by atoms with Gasteiger partial charge >= 0.3 is 0 Å². The van der Waals surface area contributed by atoms with Crippen LogP contribution in [-0.2, 0) is 21.9 Å². The molecule has 0 saturated heterocycles. The van der Waals surface area contributed by atoms with E-state index in [0.29, 0.717) is 18.7 Å². The highest BCUT2D eigenvalue weighted by Crippen LogP contribution is 2.20. The van der Waals surface area contributed by atoms with Crippen LogP contribution in [0, 0.1) is 17.0 Å². The van der Waals surface area contributed by atoms with Crippen LogP contribution in [0.2, 0.25) is 0 Å². The van der Waals surface area contributed by atoms with Gasteiger partial charge in [0.15, 0.2) is 0 Å². The third-order valence-corrected chi connectivity index (χ3v) is 6.62. The van der Waals surface area contributed by atoms with Gasteiger partial charge in [-0.25, -0.2) is 0 Å². The molecule has 0 spiro atoms. The lowest BCUT2D eigenvalue weighted by Crippen LogP contribution is -2.51. The van der Waals surface area contributed by atoms with Gasteiger partial charge in [-0.1, -0.05) is 50.2 Å². The van der Waals surface area contributed by atoms with Crippen LogP contribution < -0.4 is 5.32 Å². The Bertz CT molecular complexity index is 949. The molecule has 2 atom stereocenters. The molecule has 33 heavy (non-hydrogen) atoms. The second-order valence-corrected chi connectivity index (χ2v) is 9.09. The van der Waals surface area contributed by atoms with E-state index in [1.54, 1.807) is 17.0 Å². The molecule has 2 rings (SSSR count). The maximum absolute atomic E-state index is 13.3. The fraction of sp³-hybridized carbons (Fsp3) is 0.440.